The molecule has 3 nitrogen and oxygen atoms in total. The van der Waals surface area contributed by atoms with Gasteiger partial charge >= 0.3 is 0 Å². The largest absolute Gasteiger partial charge is 0.352 e. The van der Waals surface area contributed by atoms with Gasteiger partial charge in [0.1, 0.15) is 0 Å². The molecule has 0 spiro atoms. The predicted molar refractivity (Wildman–Crippen MR) is 89.6 cm³/mol. The number of rotatable bonds is 4. The van der Waals surface area contributed by atoms with E-state index in [2.05, 4.69) is 29.3 Å². The smallest absolute Gasteiger partial charge is 0.237 e. The number of hydrogen-bond donors (Lipinski definition) is 2. The summed E-state index contributed by atoms with van der Waals surface area (Å²) < 4.78 is 0. The van der Waals surface area contributed by atoms with Crippen LogP contribution >= 0.6 is 11.8 Å². The van der Waals surface area contributed by atoms with E-state index in [4.69, 9.17) is 0 Å². The first-order valence-corrected chi connectivity index (χ1v) is 9.99. The summed E-state index contributed by atoms with van der Waals surface area (Å²) in [7, 11) is 0. The molecule has 5 atom stereocenters. The molecule has 1 saturated heterocycles. The molecule has 4 heteroatoms. The first-order chi connectivity index (χ1) is 10.3. The van der Waals surface area contributed by atoms with Crippen molar-refractivity contribution in [1.29, 1.82) is 0 Å². The maximum Gasteiger partial charge on any atom is 0.237 e. The Labute approximate surface area is 133 Å². The minimum atomic E-state index is 0.0808. The van der Waals surface area contributed by atoms with Gasteiger partial charge in [0.2, 0.25) is 5.91 Å². The summed E-state index contributed by atoms with van der Waals surface area (Å²) in [4.78, 5) is 12.5. The van der Waals surface area contributed by atoms with E-state index < -0.39 is 0 Å². The molecule has 21 heavy (non-hydrogen) atoms. The van der Waals surface area contributed by atoms with Crippen LogP contribution in [0.3, 0.4) is 0 Å². The molecule has 0 aromatic carbocycles. The third kappa shape index (κ3) is 3.95. The van der Waals surface area contributed by atoms with E-state index in [0.717, 1.165) is 17.6 Å². The van der Waals surface area contributed by atoms with Crippen LogP contribution in [0.4, 0.5) is 0 Å². The summed E-state index contributed by atoms with van der Waals surface area (Å²) in [5.74, 6) is 2.22. The van der Waals surface area contributed by atoms with Crippen molar-refractivity contribution in [2.75, 3.05) is 5.75 Å². The average Bonchev–Trinajstić information content (AvgIpc) is 2.92. The van der Waals surface area contributed by atoms with E-state index in [1.807, 2.05) is 0 Å². The lowest BCUT2D eigenvalue weighted by Gasteiger charge is -2.30. The molecular weight excluding hydrogens is 280 g/mol. The van der Waals surface area contributed by atoms with Crippen molar-refractivity contribution in [1.82, 2.24) is 10.6 Å². The van der Waals surface area contributed by atoms with Crippen LogP contribution in [-0.2, 0) is 4.79 Å². The van der Waals surface area contributed by atoms with Gasteiger partial charge in [-0.25, -0.2) is 0 Å². The summed E-state index contributed by atoms with van der Waals surface area (Å²) in [5.41, 5.74) is 0. The number of amides is 1. The molecule has 0 radical (unpaired) electrons. The Morgan fingerprint density at radius 3 is 2.81 bits per heavy atom. The van der Waals surface area contributed by atoms with Gasteiger partial charge in [-0.15, -0.1) is 0 Å². The van der Waals surface area contributed by atoms with E-state index in [-0.39, 0.29) is 11.9 Å². The molecule has 1 aliphatic heterocycles. The fraction of sp³-hybridized carbons (Fsp3) is 0.941. The van der Waals surface area contributed by atoms with Gasteiger partial charge < -0.3 is 10.6 Å². The van der Waals surface area contributed by atoms with Crippen molar-refractivity contribution in [3.8, 4) is 0 Å². The number of fused-ring (bicyclic) bond motifs is 1. The SMILES string of the molecule is CCSC1CCCC(NC(=O)C2CC3CCCCC3N2)C1. The van der Waals surface area contributed by atoms with Crippen LogP contribution in [0.2, 0.25) is 0 Å². The van der Waals surface area contributed by atoms with Crippen molar-refractivity contribution in [2.24, 2.45) is 5.92 Å². The van der Waals surface area contributed by atoms with E-state index in [1.54, 1.807) is 0 Å². The van der Waals surface area contributed by atoms with Gasteiger partial charge in [-0.05, 0) is 50.2 Å². The first kappa shape index (κ1) is 15.7. The van der Waals surface area contributed by atoms with Crippen molar-refractivity contribution >= 4 is 17.7 Å². The summed E-state index contributed by atoms with van der Waals surface area (Å²) >= 11 is 2.06. The zero-order valence-corrected chi connectivity index (χ0v) is 14.1. The van der Waals surface area contributed by atoms with Gasteiger partial charge in [0.25, 0.3) is 0 Å². The molecule has 3 aliphatic rings. The first-order valence-electron chi connectivity index (χ1n) is 8.94. The van der Waals surface area contributed by atoms with Gasteiger partial charge in [0.15, 0.2) is 0 Å². The number of hydrogen-bond acceptors (Lipinski definition) is 3. The molecule has 0 aromatic rings. The van der Waals surface area contributed by atoms with E-state index in [9.17, 15) is 4.79 Å². The summed E-state index contributed by atoms with van der Waals surface area (Å²) in [6.07, 6.45) is 11.3. The highest BCUT2D eigenvalue weighted by Gasteiger charge is 2.38. The fourth-order valence-corrected chi connectivity index (χ4v) is 5.66. The van der Waals surface area contributed by atoms with Crippen molar-refractivity contribution in [3.63, 3.8) is 0 Å². The zero-order chi connectivity index (χ0) is 14.7. The highest BCUT2D eigenvalue weighted by atomic mass is 32.2. The average molecular weight is 311 g/mol. The molecule has 1 amide bonds. The van der Waals surface area contributed by atoms with E-state index >= 15 is 0 Å². The molecule has 2 aliphatic carbocycles. The predicted octanol–water partition coefficient (Wildman–Crippen LogP) is 3.09. The second-order valence-electron chi connectivity index (χ2n) is 7.06. The highest BCUT2D eigenvalue weighted by molar-refractivity contribution is 7.99. The molecule has 0 aromatic heterocycles. The maximum atomic E-state index is 12.5. The number of carbonyl (C=O) groups excluding carboxylic acids is 1. The van der Waals surface area contributed by atoms with Crippen LogP contribution in [0.15, 0.2) is 0 Å². The van der Waals surface area contributed by atoms with E-state index in [1.165, 1.54) is 57.1 Å². The molecule has 2 N–H and O–H groups in total. The quantitative estimate of drug-likeness (QED) is 0.838. The Bertz CT molecular complexity index is 347. The standard InChI is InChI=1S/C17H30N2OS/c1-2-21-14-8-5-7-13(11-14)18-17(20)16-10-12-6-3-4-9-15(12)19-16/h12-16,19H,2-11H2,1H3,(H,18,20). The topological polar surface area (TPSA) is 41.1 Å². The third-order valence-corrected chi connectivity index (χ3v) is 6.79. The van der Waals surface area contributed by atoms with Crippen LogP contribution in [0, 0.1) is 5.92 Å². The van der Waals surface area contributed by atoms with Gasteiger partial charge in [-0.3, -0.25) is 4.79 Å². The second kappa shape index (κ2) is 7.36. The maximum absolute atomic E-state index is 12.5. The molecule has 3 fully saturated rings. The Morgan fingerprint density at radius 1 is 1.14 bits per heavy atom. The third-order valence-electron chi connectivity index (χ3n) is 5.55. The summed E-state index contributed by atoms with van der Waals surface area (Å²) in [6, 6.07) is 1.11. The minimum Gasteiger partial charge on any atom is -0.352 e. The Hall–Kier alpha value is -0.220. The lowest BCUT2D eigenvalue weighted by atomic mass is 9.85. The van der Waals surface area contributed by atoms with Gasteiger partial charge in [0, 0.05) is 17.3 Å². The monoisotopic (exact) mass is 310 g/mol. The summed E-state index contributed by atoms with van der Waals surface area (Å²) in [5, 5.41) is 7.70. The Balaban J connectivity index is 1.47. The zero-order valence-electron chi connectivity index (χ0n) is 13.3. The molecule has 3 rings (SSSR count). The number of thioether (sulfide) groups is 1. The van der Waals surface area contributed by atoms with Crippen molar-refractivity contribution in [2.45, 2.75) is 88.1 Å². The lowest BCUT2D eigenvalue weighted by molar-refractivity contribution is -0.123. The van der Waals surface area contributed by atoms with Gasteiger partial charge in [-0.2, -0.15) is 11.8 Å². The second-order valence-corrected chi connectivity index (χ2v) is 8.63. The van der Waals surface area contributed by atoms with Crippen LogP contribution in [0.25, 0.3) is 0 Å². The minimum absolute atomic E-state index is 0.0808. The molecule has 0 bridgehead atoms. The van der Waals surface area contributed by atoms with Crippen LogP contribution in [0.5, 0.6) is 0 Å². The van der Waals surface area contributed by atoms with Crippen LogP contribution < -0.4 is 10.6 Å². The Morgan fingerprint density at radius 2 is 2.00 bits per heavy atom. The summed E-state index contributed by atoms with van der Waals surface area (Å²) in [6.45, 7) is 2.23. The molecule has 2 saturated carbocycles. The molecule has 120 valence electrons. The lowest BCUT2D eigenvalue weighted by Crippen LogP contribution is -2.48. The van der Waals surface area contributed by atoms with Crippen LogP contribution in [0.1, 0.15) is 64.7 Å². The Kier molecular flexibility index (Phi) is 5.49. The van der Waals surface area contributed by atoms with Crippen molar-refractivity contribution in [3.05, 3.63) is 0 Å². The highest BCUT2D eigenvalue weighted by Crippen LogP contribution is 2.33. The van der Waals surface area contributed by atoms with Crippen molar-refractivity contribution < 1.29 is 4.79 Å². The molecular formula is C17H30N2OS. The fourth-order valence-electron chi connectivity index (χ4n) is 4.49. The van der Waals surface area contributed by atoms with Crippen LogP contribution in [-0.4, -0.2) is 35.0 Å². The molecule has 1 heterocycles. The van der Waals surface area contributed by atoms with Gasteiger partial charge in [-0.1, -0.05) is 26.2 Å². The van der Waals surface area contributed by atoms with E-state index in [0.29, 0.717) is 12.1 Å². The normalized spacial score (nSPS) is 39.8. The number of nitrogens with one attached hydrogen (secondary N) is 2. The van der Waals surface area contributed by atoms with Gasteiger partial charge in [0.05, 0.1) is 6.04 Å². The number of carbonyl (C=O) groups is 1. The molecule has 5 unspecified atom stereocenters.